The third-order valence-electron chi connectivity index (χ3n) is 3.66. The number of hydrogen-bond donors (Lipinski definition) is 0. The van der Waals surface area contributed by atoms with Gasteiger partial charge in [0.1, 0.15) is 5.88 Å². The van der Waals surface area contributed by atoms with Crippen LogP contribution < -0.4 is 4.90 Å². The molecule has 0 spiro atoms. The summed E-state index contributed by atoms with van der Waals surface area (Å²) in [6.07, 6.45) is 0. The maximum atomic E-state index is 12.0. The topological polar surface area (TPSA) is 20.3 Å². The lowest BCUT2D eigenvalue weighted by atomic mass is 9.93. The number of carbonyl (C=O) groups is 1. The van der Waals surface area contributed by atoms with Gasteiger partial charge in [-0.3, -0.25) is 4.79 Å². The van der Waals surface area contributed by atoms with E-state index in [4.69, 9.17) is 23.2 Å². The van der Waals surface area contributed by atoms with Gasteiger partial charge in [0, 0.05) is 23.2 Å². The fraction of sp³-hybridized carbons (Fsp3) is 0.188. The van der Waals surface area contributed by atoms with E-state index in [-0.39, 0.29) is 17.7 Å². The molecule has 1 unspecified atom stereocenters. The summed E-state index contributed by atoms with van der Waals surface area (Å²) in [5.74, 6) is 0.119. The van der Waals surface area contributed by atoms with Crippen LogP contribution in [0.3, 0.4) is 0 Å². The zero-order valence-corrected chi connectivity index (χ0v) is 12.2. The number of hydrogen-bond acceptors (Lipinski definition) is 1. The van der Waals surface area contributed by atoms with E-state index < -0.39 is 0 Å². The van der Waals surface area contributed by atoms with Crippen molar-refractivity contribution in [1.82, 2.24) is 0 Å². The smallest absolute Gasteiger partial charge is 0.241 e. The number of rotatable bonds is 2. The minimum absolute atomic E-state index is 0.00166. The van der Waals surface area contributed by atoms with Crippen LogP contribution >= 0.6 is 23.2 Å². The lowest BCUT2D eigenvalue weighted by molar-refractivity contribution is -0.116. The predicted molar refractivity (Wildman–Crippen MR) is 82.8 cm³/mol. The lowest BCUT2D eigenvalue weighted by Gasteiger charge is -2.16. The minimum Gasteiger partial charge on any atom is -0.310 e. The first kappa shape index (κ1) is 13.5. The van der Waals surface area contributed by atoms with Crippen molar-refractivity contribution in [3.63, 3.8) is 0 Å². The summed E-state index contributed by atoms with van der Waals surface area (Å²) >= 11 is 11.6. The van der Waals surface area contributed by atoms with E-state index in [2.05, 4.69) is 6.07 Å². The fourth-order valence-corrected chi connectivity index (χ4v) is 2.97. The first-order valence-corrected chi connectivity index (χ1v) is 7.32. The van der Waals surface area contributed by atoms with Gasteiger partial charge in [-0.1, -0.05) is 41.9 Å². The Morgan fingerprint density at radius 1 is 1.15 bits per heavy atom. The molecule has 4 heteroatoms. The quantitative estimate of drug-likeness (QED) is 0.766. The van der Waals surface area contributed by atoms with Crippen LogP contribution in [0.2, 0.25) is 5.02 Å². The molecule has 1 atom stereocenters. The highest BCUT2D eigenvalue weighted by Crippen LogP contribution is 2.40. The SMILES string of the molecule is O=C(CCl)N1CC(c2ccc(Cl)cc2)c2ccccc21. The molecule has 102 valence electrons. The average Bonchev–Trinajstić information content (AvgIpc) is 2.87. The van der Waals surface area contributed by atoms with Crippen molar-refractivity contribution in [2.75, 3.05) is 17.3 Å². The Labute approximate surface area is 127 Å². The van der Waals surface area contributed by atoms with Gasteiger partial charge in [-0.2, -0.15) is 0 Å². The van der Waals surface area contributed by atoms with Crippen LogP contribution in [0.4, 0.5) is 5.69 Å². The molecule has 0 aromatic heterocycles. The summed E-state index contributed by atoms with van der Waals surface area (Å²) in [5, 5.41) is 0.716. The van der Waals surface area contributed by atoms with E-state index in [9.17, 15) is 4.79 Å². The molecule has 0 N–H and O–H groups in total. The van der Waals surface area contributed by atoms with Crippen LogP contribution in [-0.2, 0) is 4.79 Å². The second-order valence-corrected chi connectivity index (χ2v) is 5.50. The molecule has 2 aromatic rings. The highest BCUT2D eigenvalue weighted by molar-refractivity contribution is 6.30. The van der Waals surface area contributed by atoms with Crippen molar-refractivity contribution in [3.05, 3.63) is 64.7 Å². The van der Waals surface area contributed by atoms with Crippen LogP contribution in [0.1, 0.15) is 17.0 Å². The van der Waals surface area contributed by atoms with Gasteiger partial charge in [0.15, 0.2) is 0 Å². The van der Waals surface area contributed by atoms with Crippen LogP contribution in [0.5, 0.6) is 0 Å². The maximum Gasteiger partial charge on any atom is 0.241 e. The number of alkyl halides is 1. The van der Waals surface area contributed by atoms with E-state index in [0.29, 0.717) is 11.6 Å². The second-order valence-electron chi connectivity index (χ2n) is 4.80. The number of benzene rings is 2. The molecule has 0 fully saturated rings. The minimum atomic E-state index is -0.0596. The van der Waals surface area contributed by atoms with E-state index in [1.54, 1.807) is 4.90 Å². The molecule has 1 aliphatic heterocycles. The summed E-state index contributed by atoms with van der Waals surface area (Å²) < 4.78 is 0. The van der Waals surface area contributed by atoms with Crippen molar-refractivity contribution >= 4 is 34.8 Å². The third kappa shape index (κ3) is 2.30. The number of fused-ring (bicyclic) bond motifs is 1. The molecule has 1 aliphatic rings. The molecule has 3 rings (SSSR count). The highest BCUT2D eigenvalue weighted by atomic mass is 35.5. The average molecular weight is 306 g/mol. The van der Waals surface area contributed by atoms with Gasteiger partial charge in [-0.25, -0.2) is 0 Å². The maximum absolute atomic E-state index is 12.0. The second kappa shape index (κ2) is 5.47. The normalized spacial score (nSPS) is 17.1. The zero-order valence-electron chi connectivity index (χ0n) is 10.7. The third-order valence-corrected chi connectivity index (χ3v) is 4.14. The van der Waals surface area contributed by atoms with E-state index in [0.717, 1.165) is 16.8 Å². The molecule has 0 aliphatic carbocycles. The molecule has 2 nitrogen and oxygen atoms in total. The van der Waals surface area contributed by atoms with Gasteiger partial charge in [0.2, 0.25) is 5.91 Å². The molecule has 1 amide bonds. The van der Waals surface area contributed by atoms with E-state index >= 15 is 0 Å². The number of anilines is 1. The monoisotopic (exact) mass is 305 g/mol. The van der Waals surface area contributed by atoms with Crippen molar-refractivity contribution in [1.29, 1.82) is 0 Å². The van der Waals surface area contributed by atoms with Crippen LogP contribution in [0, 0.1) is 0 Å². The molecule has 20 heavy (non-hydrogen) atoms. The molecular formula is C16H13Cl2NO. The van der Waals surface area contributed by atoms with Gasteiger partial charge < -0.3 is 4.90 Å². The Kier molecular flexibility index (Phi) is 3.68. The standard InChI is InChI=1S/C16H13Cl2NO/c17-9-16(20)19-10-14(11-5-7-12(18)8-6-11)13-3-1-2-4-15(13)19/h1-8,14H,9-10H2. The van der Waals surface area contributed by atoms with Crippen molar-refractivity contribution < 1.29 is 4.79 Å². The molecule has 0 radical (unpaired) electrons. The Balaban J connectivity index is 2.02. The van der Waals surface area contributed by atoms with Crippen LogP contribution in [0.25, 0.3) is 0 Å². The number of halogens is 2. The van der Waals surface area contributed by atoms with Crippen molar-refractivity contribution in [3.8, 4) is 0 Å². The summed E-state index contributed by atoms with van der Waals surface area (Å²) in [6, 6.07) is 15.8. The molecule has 0 saturated heterocycles. The van der Waals surface area contributed by atoms with Gasteiger partial charge in [-0.15, -0.1) is 11.6 Å². The molecule has 1 heterocycles. The Morgan fingerprint density at radius 2 is 1.85 bits per heavy atom. The molecule has 2 aromatic carbocycles. The summed E-state index contributed by atoms with van der Waals surface area (Å²) in [7, 11) is 0. The first-order chi connectivity index (χ1) is 9.70. The predicted octanol–water partition coefficient (Wildman–Crippen LogP) is 4.06. The fourth-order valence-electron chi connectivity index (χ4n) is 2.70. The number of carbonyl (C=O) groups excluding carboxylic acids is 1. The molecule has 0 saturated carbocycles. The van der Waals surface area contributed by atoms with Crippen molar-refractivity contribution in [2.45, 2.75) is 5.92 Å². The Hall–Kier alpha value is -1.51. The number of amides is 1. The van der Waals surface area contributed by atoms with E-state index in [1.165, 1.54) is 0 Å². The first-order valence-electron chi connectivity index (χ1n) is 6.41. The van der Waals surface area contributed by atoms with Gasteiger partial charge in [-0.05, 0) is 29.3 Å². The van der Waals surface area contributed by atoms with E-state index in [1.807, 2.05) is 42.5 Å². The van der Waals surface area contributed by atoms with Crippen LogP contribution in [0.15, 0.2) is 48.5 Å². The van der Waals surface area contributed by atoms with Crippen LogP contribution in [-0.4, -0.2) is 18.3 Å². The Bertz CT molecular complexity index is 639. The summed E-state index contributed by atoms with van der Waals surface area (Å²) in [5.41, 5.74) is 3.28. The summed E-state index contributed by atoms with van der Waals surface area (Å²) in [6.45, 7) is 0.631. The highest BCUT2D eigenvalue weighted by Gasteiger charge is 2.32. The van der Waals surface area contributed by atoms with Gasteiger partial charge in [0.25, 0.3) is 0 Å². The van der Waals surface area contributed by atoms with Gasteiger partial charge >= 0.3 is 0 Å². The van der Waals surface area contributed by atoms with Gasteiger partial charge in [0.05, 0.1) is 0 Å². The number of para-hydroxylation sites is 1. The largest absolute Gasteiger partial charge is 0.310 e. The zero-order chi connectivity index (χ0) is 14.1. The summed E-state index contributed by atoms with van der Waals surface area (Å²) in [4.78, 5) is 13.7. The molecule has 0 bridgehead atoms. The molecular weight excluding hydrogens is 293 g/mol. The Morgan fingerprint density at radius 3 is 2.55 bits per heavy atom. The number of nitrogens with zero attached hydrogens (tertiary/aromatic N) is 1. The van der Waals surface area contributed by atoms with Crippen molar-refractivity contribution in [2.24, 2.45) is 0 Å². The lowest BCUT2D eigenvalue weighted by Crippen LogP contribution is -2.30.